The van der Waals surface area contributed by atoms with Crippen LogP contribution in [0, 0.1) is 18.6 Å². The lowest BCUT2D eigenvalue weighted by Gasteiger charge is -2.09. The molecule has 3 aromatic rings. The van der Waals surface area contributed by atoms with Crippen molar-refractivity contribution in [2.24, 2.45) is 0 Å². The monoisotopic (exact) mass is 354 g/mol. The first-order valence-electron chi connectivity index (χ1n) is 7.98. The molecule has 0 fully saturated rings. The van der Waals surface area contributed by atoms with Gasteiger partial charge in [0.05, 0.1) is 0 Å². The zero-order valence-corrected chi connectivity index (χ0v) is 14.0. The molecule has 0 aromatic heterocycles. The Hall–Kier alpha value is -3.21. The zero-order chi connectivity index (χ0) is 18.5. The van der Waals surface area contributed by atoms with Crippen molar-refractivity contribution in [2.75, 3.05) is 0 Å². The Morgan fingerprint density at radius 3 is 2.23 bits per heavy atom. The SMILES string of the molecule is Cc1ccc(F)c(C(=O)Oc2ccc(OCc3ccccc3)cc2)c1F. The average Bonchev–Trinajstić information content (AvgIpc) is 2.65. The third-order valence-corrected chi connectivity index (χ3v) is 3.77. The number of esters is 1. The van der Waals surface area contributed by atoms with Crippen LogP contribution in [0.15, 0.2) is 66.7 Å². The first-order valence-corrected chi connectivity index (χ1v) is 7.98. The summed E-state index contributed by atoms with van der Waals surface area (Å²) in [5.41, 5.74) is 0.491. The summed E-state index contributed by atoms with van der Waals surface area (Å²) in [6.07, 6.45) is 0. The molecule has 0 heterocycles. The van der Waals surface area contributed by atoms with Crippen LogP contribution < -0.4 is 9.47 Å². The summed E-state index contributed by atoms with van der Waals surface area (Å²) < 4.78 is 38.4. The topological polar surface area (TPSA) is 35.5 Å². The van der Waals surface area contributed by atoms with Crippen LogP contribution in [0.1, 0.15) is 21.5 Å². The highest BCUT2D eigenvalue weighted by atomic mass is 19.1. The van der Waals surface area contributed by atoms with Gasteiger partial charge >= 0.3 is 5.97 Å². The summed E-state index contributed by atoms with van der Waals surface area (Å²) in [7, 11) is 0. The summed E-state index contributed by atoms with van der Waals surface area (Å²) in [5.74, 6) is -2.20. The second-order valence-corrected chi connectivity index (χ2v) is 5.69. The maximum Gasteiger partial charge on any atom is 0.349 e. The Morgan fingerprint density at radius 1 is 0.885 bits per heavy atom. The van der Waals surface area contributed by atoms with Crippen molar-refractivity contribution in [2.45, 2.75) is 13.5 Å². The molecule has 5 heteroatoms. The number of benzene rings is 3. The number of rotatable bonds is 5. The van der Waals surface area contributed by atoms with Gasteiger partial charge in [-0.3, -0.25) is 0 Å². The molecule has 132 valence electrons. The van der Waals surface area contributed by atoms with Crippen molar-refractivity contribution < 1.29 is 23.0 Å². The van der Waals surface area contributed by atoms with Gasteiger partial charge in [0.25, 0.3) is 0 Å². The Balaban J connectivity index is 1.66. The average molecular weight is 354 g/mol. The minimum atomic E-state index is -1.08. The van der Waals surface area contributed by atoms with Gasteiger partial charge in [-0.15, -0.1) is 0 Å². The normalized spacial score (nSPS) is 10.4. The van der Waals surface area contributed by atoms with Crippen molar-refractivity contribution in [1.82, 2.24) is 0 Å². The summed E-state index contributed by atoms with van der Waals surface area (Å²) >= 11 is 0. The second kappa shape index (κ2) is 7.78. The van der Waals surface area contributed by atoms with Crippen LogP contribution in [-0.4, -0.2) is 5.97 Å². The molecule has 0 N–H and O–H groups in total. The van der Waals surface area contributed by atoms with E-state index < -0.39 is 23.2 Å². The number of carbonyl (C=O) groups excluding carboxylic acids is 1. The van der Waals surface area contributed by atoms with Crippen LogP contribution in [0.3, 0.4) is 0 Å². The van der Waals surface area contributed by atoms with Crippen LogP contribution in [0.25, 0.3) is 0 Å². The summed E-state index contributed by atoms with van der Waals surface area (Å²) in [6.45, 7) is 1.85. The van der Waals surface area contributed by atoms with E-state index in [1.807, 2.05) is 30.3 Å². The highest BCUT2D eigenvalue weighted by Gasteiger charge is 2.21. The molecule has 3 rings (SSSR count). The van der Waals surface area contributed by atoms with E-state index in [1.54, 1.807) is 12.1 Å². The summed E-state index contributed by atoms with van der Waals surface area (Å²) in [4.78, 5) is 12.1. The lowest BCUT2D eigenvalue weighted by molar-refractivity contribution is 0.0724. The van der Waals surface area contributed by atoms with E-state index in [1.165, 1.54) is 25.1 Å². The Kier molecular flexibility index (Phi) is 5.27. The van der Waals surface area contributed by atoms with Crippen LogP contribution >= 0.6 is 0 Å². The molecule has 0 unspecified atom stereocenters. The summed E-state index contributed by atoms with van der Waals surface area (Å²) in [6, 6.07) is 18.2. The molecule has 0 aliphatic carbocycles. The van der Waals surface area contributed by atoms with Gasteiger partial charge in [-0.2, -0.15) is 0 Å². The van der Waals surface area contributed by atoms with E-state index in [2.05, 4.69) is 0 Å². The predicted octanol–water partition coefficient (Wildman–Crippen LogP) is 5.07. The van der Waals surface area contributed by atoms with Crippen LogP contribution in [0.5, 0.6) is 11.5 Å². The fourth-order valence-electron chi connectivity index (χ4n) is 2.35. The molecule has 0 spiro atoms. The lowest BCUT2D eigenvalue weighted by atomic mass is 10.1. The van der Waals surface area contributed by atoms with Crippen molar-refractivity contribution in [3.05, 3.63) is 95.1 Å². The van der Waals surface area contributed by atoms with Crippen molar-refractivity contribution in [3.8, 4) is 11.5 Å². The molecule has 3 nitrogen and oxygen atoms in total. The molecule has 0 saturated heterocycles. The Bertz CT molecular complexity index is 907. The molecule has 0 atom stereocenters. The number of aryl methyl sites for hydroxylation is 1. The highest BCUT2D eigenvalue weighted by Crippen LogP contribution is 2.22. The van der Waals surface area contributed by atoms with Gasteiger partial charge < -0.3 is 9.47 Å². The van der Waals surface area contributed by atoms with Crippen molar-refractivity contribution >= 4 is 5.97 Å². The number of hydrogen-bond acceptors (Lipinski definition) is 3. The minimum absolute atomic E-state index is 0.169. The van der Waals surface area contributed by atoms with Gasteiger partial charge in [0, 0.05) is 0 Å². The Morgan fingerprint density at radius 2 is 1.54 bits per heavy atom. The minimum Gasteiger partial charge on any atom is -0.489 e. The molecule has 0 aliphatic rings. The maximum atomic E-state index is 14.0. The highest BCUT2D eigenvalue weighted by molar-refractivity contribution is 5.91. The van der Waals surface area contributed by atoms with Gasteiger partial charge in [0.2, 0.25) is 0 Å². The van der Waals surface area contributed by atoms with Gasteiger partial charge in [-0.1, -0.05) is 36.4 Å². The zero-order valence-electron chi connectivity index (χ0n) is 14.0. The van der Waals surface area contributed by atoms with Gasteiger partial charge in [0.15, 0.2) is 0 Å². The van der Waals surface area contributed by atoms with Gasteiger partial charge in [-0.25, -0.2) is 13.6 Å². The van der Waals surface area contributed by atoms with E-state index in [4.69, 9.17) is 9.47 Å². The summed E-state index contributed by atoms with van der Waals surface area (Å²) in [5, 5.41) is 0. The first kappa shape index (κ1) is 17.6. The van der Waals surface area contributed by atoms with Crippen molar-refractivity contribution in [3.63, 3.8) is 0 Å². The fraction of sp³-hybridized carbons (Fsp3) is 0.0952. The predicted molar refractivity (Wildman–Crippen MR) is 93.3 cm³/mol. The standard InChI is InChI=1S/C21H16F2O3/c1-14-7-12-18(22)19(20(14)23)21(24)26-17-10-8-16(9-11-17)25-13-15-5-3-2-4-6-15/h2-12H,13H2,1H3. The number of carbonyl (C=O) groups is 1. The molecule has 0 bridgehead atoms. The van der Waals surface area contributed by atoms with E-state index in [-0.39, 0.29) is 11.3 Å². The second-order valence-electron chi connectivity index (χ2n) is 5.69. The van der Waals surface area contributed by atoms with Gasteiger partial charge in [0.1, 0.15) is 35.3 Å². The van der Waals surface area contributed by atoms with E-state index in [0.29, 0.717) is 12.4 Å². The molecular weight excluding hydrogens is 338 g/mol. The quantitative estimate of drug-likeness (QED) is 0.474. The molecule has 3 aromatic carbocycles. The van der Waals surface area contributed by atoms with Crippen LogP contribution in [0.2, 0.25) is 0 Å². The smallest absolute Gasteiger partial charge is 0.349 e. The van der Waals surface area contributed by atoms with E-state index in [0.717, 1.165) is 11.6 Å². The largest absolute Gasteiger partial charge is 0.489 e. The molecule has 0 radical (unpaired) electrons. The molecular formula is C21H16F2O3. The Labute approximate surface area is 149 Å². The maximum absolute atomic E-state index is 14.0. The third-order valence-electron chi connectivity index (χ3n) is 3.77. The molecule has 26 heavy (non-hydrogen) atoms. The fourth-order valence-corrected chi connectivity index (χ4v) is 2.35. The van der Waals surface area contributed by atoms with Crippen LogP contribution in [-0.2, 0) is 6.61 Å². The van der Waals surface area contributed by atoms with Crippen LogP contribution in [0.4, 0.5) is 8.78 Å². The molecule has 0 aliphatic heterocycles. The van der Waals surface area contributed by atoms with E-state index in [9.17, 15) is 13.6 Å². The third kappa shape index (κ3) is 4.06. The number of ether oxygens (including phenoxy) is 2. The van der Waals surface area contributed by atoms with Gasteiger partial charge in [-0.05, 0) is 48.4 Å². The first-order chi connectivity index (χ1) is 12.5. The van der Waals surface area contributed by atoms with Crippen molar-refractivity contribution in [1.29, 1.82) is 0 Å². The number of halogens is 2. The molecule has 0 saturated carbocycles. The van der Waals surface area contributed by atoms with E-state index >= 15 is 0 Å². The molecule has 0 amide bonds. The lowest BCUT2D eigenvalue weighted by Crippen LogP contribution is -2.14. The number of hydrogen-bond donors (Lipinski definition) is 0.